The van der Waals surface area contributed by atoms with Gasteiger partial charge in [-0.15, -0.1) is 11.3 Å². The average molecular weight is 225 g/mol. The van der Waals surface area contributed by atoms with Gasteiger partial charge in [-0.3, -0.25) is 0 Å². The Morgan fingerprint density at radius 1 is 1.53 bits per heavy atom. The summed E-state index contributed by atoms with van der Waals surface area (Å²) in [5, 5.41) is 6.74. The fourth-order valence-electron chi connectivity index (χ4n) is 1.98. The summed E-state index contributed by atoms with van der Waals surface area (Å²) in [5.41, 5.74) is 0. The van der Waals surface area contributed by atoms with Crippen molar-refractivity contribution in [1.29, 1.82) is 0 Å². The molecule has 2 heterocycles. The first-order valence-electron chi connectivity index (χ1n) is 5.71. The highest BCUT2D eigenvalue weighted by atomic mass is 32.1. The Morgan fingerprint density at radius 2 is 2.33 bits per heavy atom. The molecule has 1 unspecified atom stereocenters. The van der Waals surface area contributed by atoms with Gasteiger partial charge in [-0.25, -0.2) is 4.98 Å². The summed E-state index contributed by atoms with van der Waals surface area (Å²) in [6.45, 7) is 7.00. The maximum atomic E-state index is 4.31. The molecule has 0 radical (unpaired) electrons. The fourth-order valence-corrected chi connectivity index (χ4v) is 2.65. The van der Waals surface area contributed by atoms with Gasteiger partial charge >= 0.3 is 0 Å². The summed E-state index contributed by atoms with van der Waals surface area (Å²) in [5.74, 6) is 0. The molecule has 15 heavy (non-hydrogen) atoms. The molecule has 0 saturated carbocycles. The van der Waals surface area contributed by atoms with Crippen molar-refractivity contribution < 1.29 is 0 Å². The molecule has 1 fully saturated rings. The van der Waals surface area contributed by atoms with Crippen molar-refractivity contribution in [3.63, 3.8) is 0 Å². The first-order chi connectivity index (χ1) is 7.36. The van der Waals surface area contributed by atoms with Gasteiger partial charge in [0.15, 0.2) is 0 Å². The molecule has 0 aromatic carbocycles. The number of thiazole rings is 1. The van der Waals surface area contributed by atoms with E-state index in [9.17, 15) is 0 Å². The molecule has 1 aromatic rings. The van der Waals surface area contributed by atoms with E-state index < -0.39 is 0 Å². The zero-order valence-corrected chi connectivity index (χ0v) is 10.1. The monoisotopic (exact) mass is 225 g/mol. The second kappa shape index (κ2) is 5.58. The number of nitrogens with zero attached hydrogens (tertiary/aromatic N) is 2. The molecular formula is C11H19N3S. The Hall–Kier alpha value is -0.450. The molecule has 1 aliphatic heterocycles. The van der Waals surface area contributed by atoms with Crippen LogP contribution in [0.1, 0.15) is 30.8 Å². The van der Waals surface area contributed by atoms with E-state index in [1.807, 2.05) is 11.6 Å². The van der Waals surface area contributed by atoms with Crippen LogP contribution in [-0.2, 0) is 0 Å². The van der Waals surface area contributed by atoms with Gasteiger partial charge in [0.2, 0.25) is 0 Å². The summed E-state index contributed by atoms with van der Waals surface area (Å²) in [6.07, 6.45) is 4.63. The van der Waals surface area contributed by atoms with E-state index in [-0.39, 0.29) is 0 Å². The topological polar surface area (TPSA) is 28.2 Å². The van der Waals surface area contributed by atoms with Crippen molar-refractivity contribution in [2.75, 3.05) is 26.2 Å². The highest BCUT2D eigenvalue weighted by Crippen LogP contribution is 2.14. The van der Waals surface area contributed by atoms with Crippen molar-refractivity contribution in [3.8, 4) is 0 Å². The zero-order valence-electron chi connectivity index (χ0n) is 9.28. The standard InChI is InChI=1S/C11H19N3S/c1-10(11-13-5-9-15-11)12-4-8-14-6-2-3-7-14/h5,9-10,12H,2-4,6-8H2,1H3. The molecule has 1 N–H and O–H groups in total. The predicted octanol–water partition coefficient (Wildman–Crippen LogP) is 1.89. The number of hydrogen-bond acceptors (Lipinski definition) is 4. The van der Waals surface area contributed by atoms with Crippen molar-refractivity contribution in [2.24, 2.45) is 0 Å². The van der Waals surface area contributed by atoms with E-state index in [0.29, 0.717) is 6.04 Å². The minimum atomic E-state index is 0.396. The minimum Gasteiger partial charge on any atom is -0.307 e. The van der Waals surface area contributed by atoms with Gasteiger partial charge in [-0.1, -0.05) is 0 Å². The number of hydrogen-bond donors (Lipinski definition) is 1. The number of rotatable bonds is 5. The van der Waals surface area contributed by atoms with E-state index in [2.05, 4.69) is 22.1 Å². The van der Waals surface area contributed by atoms with Crippen LogP contribution >= 0.6 is 11.3 Å². The van der Waals surface area contributed by atoms with E-state index >= 15 is 0 Å². The normalized spacial score (nSPS) is 19.5. The van der Waals surface area contributed by atoms with E-state index in [0.717, 1.165) is 6.54 Å². The maximum absolute atomic E-state index is 4.31. The Morgan fingerprint density at radius 3 is 3.00 bits per heavy atom. The van der Waals surface area contributed by atoms with Gasteiger partial charge in [0.1, 0.15) is 5.01 Å². The molecule has 1 aliphatic rings. The van der Waals surface area contributed by atoms with Crippen molar-refractivity contribution >= 4 is 11.3 Å². The Kier molecular flexibility index (Phi) is 4.11. The van der Waals surface area contributed by atoms with Crippen LogP contribution in [0.15, 0.2) is 11.6 Å². The predicted molar refractivity (Wildman–Crippen MR) is 64.2 cm³/mol. The van der Waals surface area contributed by atoms with Crippen LogP contribution in [0.4, 0.5) is 0 Å². The molecule has 2 rings (SSSR count). The lowest BCUT2D eigenvalue weighted by Crippen LogP contribution is -2.31. The third-order valence-electron chi connectivity index (χ3n) is 2.90. The van der Waals surface area contributed by atoms with Crippen LogP contribution in [0.25, 0.3) is 0 Å². The quantitative estimate of drug-likeness (QED) is 0.829. The van der Waals surface area contributed by atoms with E-state index in [1.54, 1.807) is 11.3 Å². The Labute approximate surface area is 95.5 Å². The summed E-state index contributed by atoms with van der Waals surface area (Å²) in [7, 11) is 0. The summed E-state index contributed by atoms with van der Waals surface area (Å²) in [4.78, 5) is 6.84. The SMILES string of the molecule is CC(NCCN1CCCC1)c1nccs1. The van der Waals surface area contributed by atoms with Crippen molar-refractivity contribution in [1.82, 2.24) is 15.2 Å². The number of aromatic nitrogens is 1. The van der Waals surface area contributed by atoms with Gasteiger partial charge in [0, 0.05) is 24.7 Å². The van der Waals surface area contributed by atoms with Crippen LogP contribution in [0.3, 0.4) is 0 Å². The molecule has 0 bridgehead atoms. The van der Waals surface area contributed by atoms with Crippen LogP contribution < -0.4 is 5.32 Å². The van der Waals surface area contributed by atoms with Gasteiger partial charge in [0.05, 0.1) is 6.04 Å². The largest absolute Gasteiger partial charge is 0.307 e. The molecule has 3 nitrogen and oxygen atoms in total. The average Bonchev–Trinajstić information content (AvgIpc) is 2.90. The zero-order chi connectivity index (χ0) is 10.5. The third-order valence-corrected chi connectivity index (χ3v) is 3.86. The summed E-state index contributed by atoms with van der Waals surface area (Å²) < 4.78 is 0. The van der Waals surface area contributed by atoms with Crippen LogP contribution in [0.5, 0.6) is 0 Å². The molecular weight excluding hydrogens is 206 g/mol. The first kappa shape index (κ1) is 11.0. The smallest absolute Gasteiger partial charge is 0.109 e. The molecule has 0 spiro atoms. The van der Waals surface area contributed by atoms with Gasteiger partial charge < -0.3 is 10.2 Å². The van der Waals surface area contributed by atoms with E-state index in [1.165, 1.54) is 37.5 Å². The number of likely N-dealkylation sites (tertiary alicyclic amines) is 1. The highest BCUT2D eigenvalue weighted by Gasteiger charge is 2.12. The van der Waals surface area contributed by atoms with Gasteiger partial charge in [-0.2, -0.15) is 0 Å². The second-order valence-electron chi connectivity index (χ2n) is 4.09. The maximum Gasteiger partial charge on any atom is 0.109 e. The first-order valence-corrected chi connectivity index (χ1v) is 6.59. The lowest BCUT2D eigenvalue weighted by molar-refractivity contribution is 0.329. The molecule has 0 amide bonds. The lowest BCUT2D eigenvalue weighted by atomic mass is 10.3. The fraction of sp³-hybridized carbons (Fsp3) is 0.727. The van der Waals surface area contributed by atoms with Crippen LogP contribution in [-0.4, -0.2) is 36.1 Å². The highest BCUT2D eigenvalue weighted by molar-refractivity contribution is 7.09. The Balaban J connectivity index is 1.65. The van der Waals surface area contributed by atoms with Crippen molar-refractivity contribution in [2.45, 2.75) is 25.8 Å². The molecule has 4 heteroatoms. The third kappa shape index (κ3) is 3.26. The van der Waals surface area contributed by atoms with Gasteiger partial charge in [0.25, 0.3) is 0 Å². The minimum absolute atomic E-state index is 0.396. The van der Waals surface area contributed by atoms with E-state index in [4.69, 9.17) is 0 Å². The van der Waals surface area contributed by atoms with Crippen LogP contribution in [0, 0.1) is 0 Å². The molecule has 1 aromatic heterocycles. The van der Waals surface area contributed by atoms with Gasteiger partial charge in [-0.05, 0) is 32.9 Å². The lowest BCUT2D eigenvalue weighted by Gasteiger charge is -2.17. The second-order valence-corrected chi connectivity index (χ2v) is 5.02. The summed E-state index contributed by atoms with van der Waals surface area (Å²) >= 11 is 1.73. The molecule has 0 aliphatic carbocycles. The Bertz CT molecular complexity index is 267. The van der Waals surface area contributed by atoms with Crippen molar-refractivity contribution in [3.05, 3.63) is 16.6 Å². The molecule has 84 valence electrons. The number of nitrogens with one attached hydrogen (secondary N) is 1. The van der Waals surface area contributed by atoms with Crippen LogP contribution in [0.2, 0.25) is 0 Å². The molecule has 1 saturated heterocycles. The molecule has 1 atom stereocenters. The summed E-state index contributed by atoms with van der Waals surface area (Å²) in [6, 6.07) is 0.396.